The Bertz CT molecular complexity index is 1420. The van der Waals surface area contributed by atoms with Gasteiger partial charge in [-0.15, -0.1) is 0 Å². The predicted octanol–water partition coefficient (Wildman–Crippen LogP) is 5.34. The fourth-order valence-corrected chi connectivity index (χ4v) is 3.48. The molecule has 7 nitrogen and oxygen atoms in total. The van der Waals surface area contributed by atoms with E-state index in [1.807, 2.05) is 0 Å². The monoisotopic (exact) mass is 459 g/mol. The Morgan fingerprint density at radius 1 is 1.06 bits per heavy atom. The zero-order chi connectivity index (χ0) is 23.3. The molecule has 1 aliphatic rings. The summed E-state index contributed by atoms with van der Waals surface area (Å²) in [6, 6.07) is 8.17. The first-order valence-electron chi connectivity index (χ1n) is 9.56. The maximum absolute atomic E-state index is 14.2. The summed E-state index contributed by atoms with van der Waals surface area (Å²) in [5, 5.41) is 6.43. The van der Waals surface area contributed by atoms with Crippen LogP contribution < -0.4 is 14.8 Å². The van der Waals surface area contributed by atoms with Crippen LogP contribution >= 0.6 is 0 Å². The summed E-state index contributed by atoms with van der Waals surface area (Å²) < 4.78 is 69.2. The van der Waals surface area contributed by atoms with Crippen LogP contribution in [0, 0.1) is 12.7 Å². The summed E-state index contributed by atoms with van der Waals surface area (Å²) in [6.45, 7) is 1.67. The minimum atomic E-state index is -4.70. The number of amides is 1. The molecule has 1 amide bonds. The Labute approximate surface area is 182 Å². The third-order valence-electron chi connectivity index (χ3n) is 5.01. The summed E-state index contributed by atoms with van der Waals surface area (Å²) in [7, 11) is 0. The Balaban J connectivity index is 1.59. The van der Waals surface area contributed by atoms with Gasteiger partial charge in [0.05, 0.1) is 22.2 Å². The second-order valence-corrected chi connectivity index (χ2v) is 7.24. The molecule has 4 aromatic rings. The molecule has 11 heteroatoms. The molecule has 2 aromatic heterocycles. The smallest absolute Gasteiger partial charge is 0.416 e. The highest BCUT2D eigenvalue weighted by molar-refractivity contribution is 6.14. The number of fused-ring (bicyclic) bond motifs is 2. The second kappa shape index (κ2) is 7.47. The molecular formula is C22H13F4N3O4. The van der Waals surface area contributed by atoms with Crippen molar-refractivity contribution >= 4 is 22.7 Å². The van der Waals surface area contributed by atoms with Gasteiger partial charge in [-0.1, -0.05) is 5.16 Å². The topological polar surface area (TPSA) is 86.5 Å². The number of ether oxygens (including phenoxy) is 2. The van der Waals surface area contributed by atoms with Crippen LogP contribution in [0.25, 0.3) is 22.4 Å². The van der Waals surface area contributed by atoms with Gasteiger partial charge in [0.25, 0.3) is 11.6 Å². The highest BCUT2D eigenvalue weighted by Gasteiger charge is 2.31. The Kier molecular flexibility index (Phi) is 4.69. The molecule has 1 aliphatic heterocycles. The summed E-state index contributed by atoms with van der Waals surface area (Å²) in [5.74, 6) is -0.854. The van der Waals surface area contributed by atoms with E-state index in [1.54, 1.807) is 25.1 Å². The molecule has 0 spiro atoms. The maximum Gasteiger partial charge on any atom is 0.416 e. The molecule has 1 N–H and O–H groups in total. The number of aryl methyl sites for hydroxylation is 1. The zero-order valence-electron chi connectivity index (χ0n) is 16.8. The van der Waals surface area contributed by atoms with Crippen LogP contribution in [-0.2, 0) is 6.18 Å². The van der Waals surface area contributed by atoms with Crippen LogP contribution in [-0.4, -0.2) is 22.8 Å². The number of aromatic nitrogens is 2. The molecule has 168 valence electrons. The van der Waals surface area contributed by atoms with E-state index in [0.29, 0.717) is 41.0 Å². The number of pyridine rings is 1. The van der Waals surface area contributed by atoms with Crippen molar-refractivity contribution in [3.8, 4) is 22.8 Å². The largest absolute Gasteiger partial charge is 0.454 e. The van der Waals surface area contributed by atoms with E-state index in [1.165, 1.54) is 6.07 Å². The minimum absolute atomic E-state index is 0.00299. The SMILES string of the molecule is Cc1cc(C(=O)Nc2cc(C(F)(F)F)ccc2F)c2c(-c3ccc4c(c3)OCO4)noc2n1. The molecule has 0 atom stereocenters. The van der Waals surface area contributed by atoms with Gasteiger partial charge in [0.15, 0.2) is 11.5 Å². The average Bonchev–Trinajstić information content (AvgIpc) is 3.40. The highest BCUT2D eigenvalue weighted by Crippen LogP contribution is 2.38. The molecule has 0 saturated carbocycles. The lowest BCUT2D eigenvalue weighted by molar-refractivity contribution is -0.137. The number of benzene rings is 2. The van der Waals surface area contributed by atoms with Gasteiger partial charge in [0.1, 0.15) is 11.5 Å². The quantitative estimate of drug-likeness (QED) is 0.417. The van der Waals surface area contributed by atoms with E-state index in [-0.39, 0.29) is 29.2 Å². The third kappa shape index (κ3) is 3.71. The summed E-state index contributed by atoms with van der Waals surface area (Å²) in [5.41, 5.74) is -0.487. The van der Waals surface area contributed by atoms with E-state index in [4.69, 9.17) is 14.0 Å². The predicted molar refractivity (Wildman–Crippen MR) is 107 cm³/mol. The van der Waals surface area contributed by atoms with Crippen LogP contribution in [0.1, 0.15) is 21.6 Å². The highest BCUT2D eigenvalue weighted by atomic mass is 19.4. The number of halogens is 4. The number of anilines is 1. The second-order valence-electron chi connectivity index (χ2n) is 7.24. The number of carbonyl (C=O) groups is 1. The molecule has 0 unspecified atom stereocenters. The normalized spacial score (nSPS) is 12.9. The van der Waals surface area contributed by atoms with Crippen molar-refractivity contribution in [1.82, 2.24) is 10.1 Å². The van der Waals surface area contributed by atoms with Crippen molar-refractivity contribution in [1.29, 1.82) is 0 Å². The lowest BCUT2D eigenvalue weighted by atomic mass is 10.0. The van der Waals surface area contributed by atoms with Crippen molar-refractivity contribution < 1.29 is 36.4 Å². The molecular weight excluding hydrogens is 446 g/mol. The first kappa shape index (κ1) is 20.7. The summed E-state index contributed by atoms with van der Waals surface area (Å²) >= 11 is 0. The van der Waals surface area contributed by atoms with E-state index in [9.17, 15) is 22.4 Å². The van der Waals surface area contributed by atoms with Crippen molar-refractivity contribution in [2.24, 2.45) is 0 Å². The van der Waals surface area contributed by atoms with Crippen LogP contribution in [0.2, 0.25) is 0 Å². The molecule has 0 bridgehead atoms. The van der Waals surface area contributed by atoms with Crippen molar-refractivity contribution in [3.63, 3.8) is 0 Å². The number of nitrogens with one attached hydrogen (secondary N) is 1. The van der Waals surface area contributed by atoms with E-state index in [2.05, 4.69) is 15.5 Å². The molecule has 33 heavy (non-hydrogen) atoms. The molecule has 0 radical (unpaired) electrons. The first-order chi connectivity index (χ1) is 15.7. The third-order valence-corrected chi connectivity index (χ3v) is 5.01. The number of alkyl halides is 3. The van der Waals surface area contributed by atoms with Gasteiger partial charge in [-0.3, -0.25) is 4.79 Å². The number of hydrogen-bond acceptors (Lipinski definition) is 6. The van der Waals surface area contributed by atoms with E-state index in [0.717, 1.165) is 0 Å². The molecule has 5 rings (SSSR count). The minimum Gasteiger partial charge on any atom is -0.454 e. The number of rotatable bonds is 3. The number of hydrogen-bond donors (Lipinski definition) is 1. The number of carbonyl (C=O) groups excluding carboxylic acids is 1. The van der Waals surface area contributed by atoms with Crippen LogP contribution in [0.15, 0.2) is 47.0 Å². The van der Waals surface area contributed by atoms with E-state index >= 15 is 0 Å². The average molecular weight is 459 g/mol. The number of nitrogens with zero attached hydrogens (tertiary/aromatic N) is 2. The summed E-state index contributed by atoms with van der Waals surface area (Å²) in [6.07, 6.45) is -4.70. The molecule has 0 fully saturated rings. The van der Waals surface area contributed by atoms with Gasteiger partial charge >= 0.3 is 6.18 Å². The van der Waals surface area contributed by atoms with Crippen molar-refractivity contribution in [3.05, 3.63) is 65.1 Å². The van der Waals surface area contributed by atoms with Gasteiger partial charge in [-0.2, -0.15) is 13.2 Å². The van der Waals surface area contributed by atoms with Crippen LogP contribution in [0.4, 0.5) is 23.2 Å². The Morgan fingerprint density at radius 2 is 1.85 bits per heavy atom. The fraction of sp³-hybridized carbons (Fsp3) is 0.136. The lowest BCUT2D eigenvalue weighted by Gasteiger charge is -2.12. The Hall–Kier alpha value is -4.15. The zero-order valence-corrected chi connectivity index (χ0v) is 16.8. The Morgan fingerprint density at radius 3 is 2.64 bits per heavy atom. The van der Waals surface area contributed by atoms with Crippen molar-refractivity contribution in [2.75, 3.05) is 12.1 Å². The van der Waals surface area contributed by atoms with Crippen molar-refractivity contribution in [2.45, 2.75) is 13.1 Å². The molecule has 3 heterocycles. The van der Waals surface area contributed by atoms with E-state index < -0.39 is 29.2 Å². The standard InChI is InChI=1S/C22H13F4N3O4/c1-10-6-13(20(30)28-15-8-12(22(24,25)26)3-4-14(15)23)18-19(29-33-21(18)27-10)11-2-5-16-17(7-11)32-9-31-16/h2-8H,9H2,1H3,(H,28,30). The maximum atomic E-state index is 14.2. The first-order valence-corrected chi connectivity index (χ1v) is 9.56. The lowest BCUT2D eigenvalue weighted by Crippen LogP contribution is -2.15. The molecule has 0 aliphatic carbocycles. The van der Waals surface area contributed by atoms with Gasteiger partial charge < -0.3 is 19.3 Å². The molecule has 0 saturated heterocycles. The summed E-state index contributed by atoms with van der Waals surface area (Å²) in [4.78, 5) is 17.3. The van der Waals surface area contributed by atoms with Gasteiger partial charge in [0, 0.05) is 11.3 Å². The van der Waals surface area contributed by atoms with Crippen LogP contribution in [0.3, 0.4) is 0 Å². The fourth-order valence-electron chi connectivity index (χ4n) is 3.48. The van der Waals surface area contributed by atoms with Crippen LogP contribution in [0.5, 0.6) is 11.5 Å². The van der Waals surface area contributed by atoms with Gasteiger partial charge in [-0.05, 0) is 49.4 Å². The van der Waals surface area contributed by atoms with Gasteiger partial charge in [-0.25, -0.2) is 9.37 Å². The van der Waals surface area contributed by atoms with Gasteiger partial charge in [0.2, 0.25) is 6.79 Å². The molecule has 2 aromatic carbocycles.